The molecule has 4 rings (SSSR count). The molecule has 2 fully saturated rings. The van der Waals surface area contributed by atoms with E-state index in [2.05, 4.69) is 12.1 Å². The first-order chi connectivity index (χ1) is 12.5. The van der Waals surface area contributed by atoms with Gasteiger partial charge in [-0.05, 0) is 79.9 Å². The summed E-state index contributed by atoms with van der Waals surface area (Å²) in [5, 5.41) is 25.2. The molecule has 0 spiro atoms. The number of oxime groups is 1. The molecular formula is C21H29NO4. The Labute approximate surface area is 155 Å². The summed E-state index contributed by atoms with van der Waals surface area (Å²) in [6.07, 6.45) is 4.71. The number of ether oxygens (including phenoxy) is 1. The highest BCUT2D eigenvalue weighted by atomic mass is 16.6. The smallest absolute Gasteiger partial charge is 0.161 e. The summed E-state index contributed by atoms with van der Waals surface area (Å²) < 4.78 is 5.64. The molecule has 5 heteroatoms. The van der Waals surface area contributed by atoms with Crippen molar-refractivity contribution in [2.24, 2.45) is 22.4 Å². The van der Waals surface area contributed by atoms with Gasteiger partial charge in [-0.15, -0.1) is 0 Å². The van der Waals surface area contributed by atoms with Crippen LogP contribution in [-0.4, -0.2) is 35.7 Å². The molecule has 26 heavy (non-hydrogen) atoms. The molecule has 0 aliphatic heterocycles. The van der Waals surface area contributed by atoms with E-state index in [4.69, 9.17) is 9.57 Å². The van der Waals surface area contributed by atoms with Gasteiger partial charge in [0, 0.05) is 5.56 Å². The van der Waals surface area contributed by atoms with Gasteiger partial charge in [-0.1, -0.05) is 12.1 Å². The van der Waals surface area contributed by atoms with E-state index in [0.717, 1.165) is 43.4 Å². The predicted octanol–water partition coefficient (Wildman–Crippen LogP) is 3.82. The predicted molar refractivity (Wildman–Crippen MR) is 99.7 cm³/mol. The van der Waals surface area contributed by atoms with E-state index in [1.807, 2.05) is 13.0 Å². The van der Waals surface area contributed by atoms with Crippen LogP contribution < -0.4 is 4.74 Å². The standard InChI is InChI=1S/C21H29NO4/c1-4-26-19-11-13-12-7-8-21(2)16(5-6-20(21)24)14(12)9-17(22-25-3)15(13)10-18(19)23/h10-12,14,16,20,23-24H,4-9H2,1-3H3/b22-17+/t12-,14-,16+,20+,21+/m1/s1. The van der Waals surface area contributed by atoms with Crippen LogP contribution in [0.4, 0.5) is 0 Å². The number of hydrogen-bond donors (Lipinski definition) is 2. The Morgan fingerprint density at radius 1 is 1.27 bits per heavy atom. The number of phenols is 1. The number of nitrogens with zero attached hydrogens (tertiary/aromatic N) is 1. The average molecular weight is 359 g/mol. The van der Waals surface area contributed by atoms with Crippen molar-refractivity contribution in [2.45, 2.75) is 58.0 Å². The molecule has 0 saturated heterocycles. The summed E-state index contributed by atoms with van der Waals surface area (Å²) in [5.41, 5.74) is 3.10. The zero-order valence-electron chi connectivity index (χ0n) is 15.9. The molecule has 5 nitrogen and oxygen atoms in total. The SMILES string of the molecule is CCOc1cc2c(cc1O)/C(=N/OC)C[C@@H]1[C@@H]2CC[C@]2(C)[C@@H](O)CC[C@@H]12. The Hall–Kier alpha value is -1.75. The highest BCUT2D eigenvalue weighted by Crippen LogP contribution is 2.61. The number of rotatable bonds is 3. The van der Waals surface area contributed by atoms with Crippen LogP contribution in [0.5, 0.6) is 11.5 Å². The molecule has 0 amide bonds. The number of aliphatic hydroxyl groups is 1. The normalized spacial score (nSPS) is 37.0. The lowest BCUT2D eigenvalue weighted by Gasteiger charge is -2.50. The molecule has 3 aliphatic rings. The van der Waals surface area contributed by atoms with Crippen molar-refractivity contribution >= 4 is 5.71 Å². The third-order valence-electron chi connectivity index (χ3n) is 7.16. The fourth-order valence-corrected chi connectivity index (χ4v) is 5.87. The van der Waals surface area contributed by atoms with Crippen LogP contribution in [0.25, 0.3) is 0 Å². The molecule has 5 atom stereocenters. The maximum absolute atomic E-state index is 10.6. The molecule has 0 unspecified atom stereocenters. The van der Waals surface area contributed by atoms with Crippen LogP contribution in [0.2, 0.25) is 0 Å². The molecular weight excluding hydrogens is 330 g/mol. The Morgan fingerprint density at radius 3 is 2.81 bits per heavy atom. The zero-order chi connectivity index (χ0) is 18.5. The number of hydrogen-bond acceptors (Lipinski definition) is 5. The molecule has 142 valence electrons. The van der Waals surface area contributed by atoms with E-state index < -0.39 is 0 Å². The number of fused-ring (bicyclic) bond motifs is 5. The van der Waals surface area contributed by atoms with Crippen molar-refractivity contribution in [2.75, 3.05) is 13.7 Å². The van der Waals surface area contributed by atoms with Crippen LogP contribution in [0.15, 0.2) is 17.3 Å². The van der Waals surface area contributed by atoms with Crippen LogP contribution >= 0.6 is 0 Å². The van der Waals surface area contributed by atoms with Gasteiger partial charge >= 0.3 is 0 Å². The Balaban J connectivity index is 1.80. The molecule has 1 aromatic carbocycles. The highest BCUT2D eigenvalue weighted by Gasteiger charge is 2.55. The van der Waals surface area contributed by atoms with Crippen molar-refractivity contribution in [3.8, 4) is 11.5 Å². The van der Waals surface area contributed by atoms with Crippen LogP contribution in [0.1, 0.15) is 63.0 Å². The zero-order valence-corrected chi connectivity index (χ0v) is 15.9. The maximum Gasteiger partial charge on any atom is 0.161 e. The summed E-state index contributed by atoms with van der Waals surface area (Å²) in [6, 6.07) is 3.79. The third-order valence-corrected chi connectivity index (χ3v) is 7.16. The first-order valence-corrected chi connectivity index (χ1v) is 9.77. The second-order valence-corrected chi connectivity index (χ2v) is 8.28. The highest BCUT2D eigenvalue weighted by molar-refractivity contribution is 6.03. The average Bonchev–Trinajstić information content (AvgIpc) is 2.92. The van der Waals surface area contributed by atoms with Gasteiger partial charge in [-0.25, -0.2) is 0 Å². The minimum atomic E-state index is -0.198. The number of aliphatic hydroxyl groups excluding tert-OH is 1. The molecule has 2 N–H and O–H groups in total. The number of phenolic OH excluding ortho intramolecular Hbond substituents is 1. The first kappa shape index (κ1) is 17.7. The molecule has 3 aliphatic carbocycles. The van der Waals surface area contributed by atoms with Gasteiger partial charge in [0.05, 0.1) is 18.4 Å². The Bertz CT molecular complexity index is 731. The fourth-order valence-electron chi connectivity index (χ4n) is 5.87. The van der Waals surface area contributed by atoms with Crippen molar-refractivity contribution in [3.63, 3.8) is 0 Å². The minimum absolute atomic E-state index is 0.0104. The fraction of sp³-hybridized carbons (Fsp3) is 0.667. The van der Waals surface area contributed by atoms with Gasteiger partial charge < -0.3 is 19.8 Å². The number of benzene rings is 1. The molecule has 0 heterocycles. The molecule has 2 saturated carbocycles. The van der Waals surface area contributed by atoms with Gasteiger partial charge in [-0.3, -0.25) is 0 Å². The van der Waals surface area contributed by atoms with Gasteiger partial charge in [0.1, 0.15) is 7.11 Å². The van der Waals surface area contributed by atoms with Gasteiger partial charge in [0.2, 0.25) is 0 Å². The lowest BCUT2D eigenvalue weighted by Crippen LogP contribution is -2.45. The lowest BCUT2D eigenvalue weighted by molar-refractivity contribution is -0.0179. The monoisotopic (exact) mass is 359 g/mol. The van der Waals surface area contributed by atoms with Crippen molar-refractivity contribution < 1.29 is 19.8 Å². The lowest BCUT2D eigenvalue weighted by atomic mass is 9.55. The van der Waals surface area contributed by atoms with E-state index >= 15 is 0 Å². The summed E-state index contributed by atoms with van der Waals surface area (Å²) in [6.45, 7) is 4.70. The summed E-state index contributed by atoms with van der Waals surface area (Å²) in [4.78, 5) is 5.12. The largest absolute Gasteiger partial charge is 0.504 e. The summed E-state index contributed by atoms with van der Waals surface area (Å²) in [5.74, 6) is 2.07. The van der Waals surface area contributed by atoms with Crippen molar-refractivity contribution in [3.05, 3.63) is 23.3 Å². The van der Waals surface area contributed by atoms with Crippen molar-refractivity contribution in [1.82, 2.24) is 0 Å². The van der Waals surface area contributed by atoms with E-state index in [9.17, 15) is 10.2 Å². The van der Waals surface area contributed by atoms with Gasteiger partial charge in [-0.2, -0.15) is 0 Å². The summed E-state index contributed by atoms with van der Waals surface area (Å²) in [7, 11) is 1.57. The topological polar surface area (TPSA) is 71.3 Å². The van der Waals surface area contributed by atoms with E-state index in [1.54, 1.807) is 13.2 Å². The first-order valence-electron chi connectivity index (χ1n) is 9.77. The summed E-state index contributed by atoms with van der Waals surface area (Å²) >= 11 is 0. The van der Waals surface area contributed by atoms with E-state index in [1.165, 1.54) is 5.56 Å². The van der Waals surface area contributed by atoms with Crippen molar-refractivity contribution in [1.29, 1.82) is 0 Å². The molecule has 0 radical (unpaired) electrons. The molecule has 0 bridgehead atoms. The second kappa shape index (κ2) is 6.45. The quantitative estimate of drug-likeness (QED) is 0.805. The van der Waals surface area contributed by atoms with Crippen LogP contribution in [0, 0.1) is 17.3 Å². The van der Waals surface area contributed by atoms with E-state index in [0.29, 0.717) is 30.1 Å². The maximum atomic E-state index is 10.6. The third kappa shape index (κ3) is 2.51. The van der Waals surface area contributed by atoms with E-state index in [-0.39, 0.29) is 17.3 Å². The second-order valence-electron chi connectivity index (χ2n) is 8.28. The molecule has 0 aromatic heterocycles. The molecule has 1 aromatic rings. The van der Waals surface area contributed by atoms with Gasteiger partial charge in [0.25, 0.3) is 0 Å². The minimum Gasteiger partial charge on any atom is -0.504 e. The number of aromatic hydroxyl groups is 1. The Morgan fingerprint density at radius 2 is 2.08 bits per heavy atom. The van der Waals surface area contributed by atoms with Crippen LogP contribution in [-0.2, 0) is 4.84 Å². The van der Waals surface area contributed by atoms with Gasteiger partial charge in [0.15, 0.2) is 11.5 Å². The Kier molecular flexibility index (Phi) is 4.38. The van der Waals surface area contributed by atoms with Crippen LogP contribution in [0.3, 0.4) is 0 Å².